The van der Waals surface area contributed by atoms with Crippen LogP contribution in [0.5, 0.6) is 0 Å². The number of nitrogens with zero attached hydrogens (tertiary/aromatic N) is 1. The van der Waals surface area contributed by atoms with Crippen LogP contribution in [0.2, 0.25) is 5.28 Å². The number of thiol groups is 1. The first-order valence-electron chi connectivity index (χ1n) is 2.14. The lowest BCUT2D eigenvalue weighted by Gasteiger charge is -1.90. The molecule has 5 heteroatoms. The fourth-order valence-corrected chi connectivity index (χ4v) is 0.829. The van der Waals surface area contributed by atoms with Crippen LogP contribution in [-0.4, -0.2) is 9.97 Å². The highest BCUT2D eigenvalue weighted by molar-refractivity contribution is 7.81. The first-order valence-corrected chi connectivity index (χ1v) is 3.37. The lowest BCUT2D eigenvalue weighted by molar-refractivity contribution is 1.08. The van der Waals surface area contributed by atoms with Crippen LogP contribution >= 0.6 is 36.4 Å². The number of aromatic nitrogens is 2. The van der Waals surface area contributed by atoms with E-state index in [-0.39, 0.29) is 5.28 Å². The van der Waals surface area contributed by atoms with Crippen molar-refractivity contribution in [2.75, 3.05) is 0 Å². The van der Waals surface area contributed by atoms with Crippen molar-refractivity contribution < 1.29 is 0 Å². The number of hydrogen-bond donors (Lipinski definition) is 2. The molecule has 0 aliphatic heterocycles. The van der Waals surface area contributed by atoms with Crippen LogP contribution in [0, 0.1) is 4.64 Å². The largest absolute Gasteiger partial charge is 0.320 e. The van der Waals surface area contributed by atoms with Gasteiger partial charge in [0.1, 0.15) is 4.64 Å². The summed E-state index contributed by atoms with van der Waals surface area (Å²) in [5.41, 5.74) is 0. The molecule has 0 amide bonds. The van der Waals surface area contributed by atoms with Crippen LogP contribution in [0.25, 0.3) is 0 Å². The fourth-order valence-electron chi connectivity index (χ4n) is 0.366. The van der Waals surface area contributed by atoms with Gasteiger partial charge in [0.15, 0.2) is 0 Å². The molecule has 1 heterocycles. The Hall–Kier alpha value is -0.0600. The summed E-state index contributed by atoms with van der Waals surface area (Å²) in [6.07, 6.45) is 1.50. The molecule has 1 aromatic rings. The molecule has 0 fully saturated rings. The van der Waals surface area contributed by atoms with E-state index in [2.05, 4.69) is 22.6 Å². The third-order valence-electron chi connectivity index (χ3n) is 0.749. The maximum atomic E-state index is 5.45. The van der Waals surface area contributed by atoms with Crippen LogP contribution in [0.4, 0.5) is 0 Å². The minimum absolute atomic E-state index is 0.290. The molecular weight excluding hydrogens is 176 g/mol. The Morgan fingerprint density at radius 3 is 2.89 bits per heavy atom. The van der Waals surface area contributed by atoms with Crippen molar-refractivity contribution in [3.05, 3.63) is 16.1 Å². The highest BCUT2D eigenvalue weighted by Gasteiger charge is 1.89. The van der Waals surface area contributed by atoms with Crippen LogP contribution in [0.1, 0.15) is 0 Å². The van der Waals surface area contributed by atoms with E-state index in [0.29, 0.717) is 9.54 Å². The number of nitrogens with one attached hydrogen (secondary N) is 1. The van der Waals surface area contributed by atoms with E-state index in [1.807, 2.05) is 0 Å². The molecule has 1 aromatic heterocycles. The monoisotopic (exact) mass is 178 g/mol. The minimum Gasteiger partial charge on any atom is -0.320 e. The fraction of sp³-hybridized carbons (Fsp3) is 0. The molecule has 1 rings (SSSR count). The van der Waals surface area contributed by atoms with Crippen molar-refractivity contribution in [2.45, 2.75) is 4.90 Å². The summed E-state index contributed by atoms with van der Waals surface area (Å²) in [5.74, 6) is 0. The van der Waals surface area contributed by atoms with E-state index >= 15 is 0 Å². The summed E-state index contributed by atoms with van der Waals surface area (Å²) in [7, 11) is 0. The average Bonchev–Trinajstić information content (AvgIpc) is 1.80. The van der Waals surface area contributed by atoms with Gasteiger partial charge in [0.05, 0.1) is 4.90 Å². The van der Waals surface area contributed by atoms with E-state index in [4.69, 9.17) is 23.8 Å². The molecule has 0 saturated carbocycles. The first-order chi connectivity index (χ1) is 4.20. The Morgan fingerprint density at radius 2 is 2.44 bits per heavy atom. The zero-order valence-electron chi connectivity index (χ0n) is 4.26. The van der Waals surface area contributed by atoms with Crippen molar-refractivity contribution in [1.29, 1.82) is 0 Å². The van der Waals surface area contributed by atoms with Gasteiger partial charge in [-0.3, -0.25) is 0 Å². The van der Waals surface area contributed by atoms with Crippen LogP contribution in [0.15, 0.2) is 11.1 Å². The Balaban J connectivity index is 3.34. The molecule has 48 valence electrons. The van der Waals surface area contributed by atoms with Crippen molar-refractivity contribution >= 4 is 36.4 Å². The molecular formula is C4H3ClN2S2. The summed E-state index contributed by atoms with van der Waals surface area (Å²) in [5, 5.41) is 0.290. The van der Waals surface area contributed by atoms with Crippen LogP contribution in [0.3, 0.4) is 0 Å². The van der Waals surface area contributed by atoms with Gasteiger partial charge in [-0.2, -0.15) is 0 Å². The number of aromatic amines is 1. The molecule has 1 N–H and O–H groups in total. The molecule has 9 heavy (non-hydrogen) atoms. The van der Waals surface area contributed by atoms with Gasteiger partial charge in [0.25, 0.3) is 0 Å². The molecule has 0 atom stereocenters. The van der Waals surface area contributed by atoms with Crippen LogP contribution in [-0.2, 0) is 0 Å². The number of hydrogen-bond acceptors (Lipinski definition) is 3. The van der Waals surface area contributed by atoms with Gasteiger partial charge in [-0.1, -0.05) is 12.2 Å². The molecule has 0 unspecified atom stereocenters. The Labute approximate surface area is 67.7 Å². The maximum Gasteiger partial charge on any atom is 0.201 e. The van der Waals surface area contributed by atoms with Gasteiger partial charge in [0, 0.05) is 6.20 Å². The summed E-state index contributed by atoms with van der Waals surface area (Å²) in [6, 6.07) is 0. The van der Waals surface area contributed by atoms with E-state index < -0.39 is 0 Å². The molecule has 0 bridgehead atoms. The maximum absolute atomic E-state index is 5.45. The second-order valence-corrected chi connectivity index (χ2v) is 2.64. The van der Waals surface area contributed by atoms with Gasteiger partial charge in [-0.25, -0.2) is 4.98 Å². The molecule has 2 nitrogen and oxygen atoms in total. The first kappa shape index (κ1) is 7.05. The Morgan fingerprint density at radius 1 is 1.78 bits per heavy atom. The van der Waals surface area contributed by atoms with E-state index in [9.17, 15) is 0 Å². The molecule has 0 aliphatic carbocycles. The summed E-state index contributed by atoms with van der Waals surface area (Å²) >= 11 is 14.2. The van der Waals surface area contributed by atoms with Gasteiger partial charge >= 0.3 is 0 Å². The SMILES string of the molecule is S=c1[nH]c(Cl)ncc1S. The summed E-state index contributed by atoms with van der Waals surface area (Å²) < 4.78 is 0.512. The molecule has 0 aliphatic rings. The number of rotatable bonds is 0. The van der Waals surface area contributed by atoms with Crippen LogP contribution < -0.4 is 0 Å². The quantitative estimate of drug-likeness (QED) is 0.362. The molecule has 0 saturated heterocycles. The zero-order chi connectivity index (χ0) is 6.85. The van der Waals surface area contributed by atoms with Crippen molar-refractivity contribution in [3.63, 3.8) is 0 Å². The smallest absolute Gasteiger partial charge is 0.201 e. The van der Waals surface area contributed by atoms with Crippen molar-refractivity contribution in [2.24, 2.45) is 0 Å². The highest BCUT2D eigenvalue weighted by atomic mass is 35.5. The minimum atomic E-state index is 0.290. The highest BCUT2D eigenvalue weighted by Crippen LogP contribution is 2.06. The summed E-state index contributed by atoms with van der Waals surface area (Å²) in [4.78, 5) is 6.97. The lowest BCUT2D eigenvalue weighted by atomic mass is 10.7. The normalized spacial score (nSPS) is 9.56. The molecule has 0 radical (unpaired) electrons. The van der Waals surface area contributed by atoms with Gasteiger partial charge in [-0.15, -0.1) is 12.6 Å². The predicted molar refractivity (Wildman–Crippen MR) is 41.7 cm³/mol. The van der Waals surface area contributed by atoms with E-state index in [1.165, 1.54) is 6.20 Å². The third-order valence-corrected chi connectivity index (χ3v) is 1.75. The van der Waals surface area contributed by atoms with Gasteiger partial charge < -0.3 is 4.98 Å². The zero-order valence-corrected chi connectivity index (χ0v) is 6.72. The van der Waals surface area contributed by atoms with Gasteiger partial charge in [0.2, 0.25) is 5.28 Å². The number of H-pyrrole nitrogens is 1. The van der Waals surface area contributed by atoms with Crippen molar-refractivity contribution in [3.8, 4) is 0 Å². The molecule has 0 aromatic carbocycles. The molecule has 0 spiro atoms. The topological polar surface area (TPSA) is 28.7 Å². The van der Waals surface area contributed by atoms with E-state index in [1.54, 1.807) is 0 Å². The van der Waals surface area contributed by atoms with E-state index in [0.717, 1.165) is 0 Å². The second-order valence-electron chi connectivity index (χ2n) is 1.39. The number of halogens is 1. The predicted octanol–water partition coefficient (Wildman–Crippen LogP) is 2.08. The Kier molecular flexibility index (Phi) is 2.10. The standard InChI is InChI=1S/C4H3ClN2S2/c5-4-6-1-2(8)3(9)7-4/h1,8H,(H,6,7,9). The average molecular weight is 179 g/mol. The van der Waals surface area contributed by atoms with Crippen molar-refractivity contribution in [1.82, 2.24) is 9.97 Å². The summed E-state index contributed by atoms with van der Waals surface area (Å²) in [6.45, 7) is 0. The Bertz CT molecular complexity index is 270. The second kappa shape index (κ2) is 2.68. The van der Waals surface area contributed by atoms with Gasteiger partial charge in [-0.05, 0) is 11.6 Å². The lowest BCUT2D eigenvalue weighted by Crippen LogP contribution is -1.81. The third kappa shape index (κ3) is 1.67.